The van der Waals surface area contributed by atoms with E-state index in [1.807, 2.05) is 6.08 Å². The van der Waals surface area contributed by atoms with Crippen LogP contribution in [-0.2, 0) is 9.53 Å². The molecule has 0 aliphatic carbocycles. The molecule has 0 aromatic carbocycles. The van der Waals surface area contributed by atoms with Crippen LogP contribution in [0.15, 0.2) is 18.4 Å². The number of hydrogen-bond acceptors (Lipinski definition) is 3. The van der Waals surface area contributed by atoms with Crippen molar-refractivity contribution in [2.24, 2.45) is 0 Å². The van der Waals surface area contributed by atoms with Crippen LogP contribution in [0.1, 0.15) is 57.8 Å². The normalized spacial score (nSPS) is 9.12. The van der Waals surface area contributed by atoms with E-state index >= 15 is 0 Å². The highest BCUT2D eigenvalue weighted by Gasteiger charge is 2.01. The van der Waals surface area contributed by atoms with Crippen molar-refractivity contribution in [1.82, 2.24) is 0 Å². The molecule has 0 N–H and O–H groups in total. The van der Waals surface area contributed by atoms with Gasteiger partial charge < -0.3 is 4.74 Å². The van der Waals surface area contributed by atoms with Gasteiger partial charge in [-0.1, -0.05) is 38.7 Å². The number of rotatable bonds is 10. The van der Waals surface area contributed by atoms with Crippen molar-refractivity contribution in [3.05, 3.63) is 18.4 Å². The van der Waals surface area contributed by atoms with Crippen molar-refractivity contribution in [2.45, 2.75) is 57.8 Å². The lowest BCUT2D eigenvalue weighted by Crippen LogP contribution is -1.98. The Kier molecular flexibility index (Phi) is 11.4. The Morgan fingerprint density at radius 1 is 1.12 bits per heavy atom. The van der Waals surface area contributed by atoms with Gasteiger partial charge in [0.15, 0.2) is 0 Å². The summed E-state index contributed by atoms with van der Waals surface area (Å²) >= 11 is 0. The molecule has 0 amide bonds. The van der Waals surface area contributed by atoms with Crippen molar-refractivity contribution in [3.8, 4) is 6.26 Å². The van der Waals surface area contributed by atoms with E-state index in [9.17, 15) is 4.79 Å². The Balaban J connectivity index is 3.11. The van der Waals surface area contributed by atoms with Crippen molar-refractivity contribution in [1.29, 1.82) is 5.26 Å². The molecule has 3 heteroatoms. The first-order valence-electron chi connectivity index (χ1n) is 6.24. The van der Waals surface area contributed by atoms with Crippen LogP contribution in [0.25, 0.3) is 0 Å². The topological polar surface area (TPSA) is 50.1 Å². The first-order chi connectivity index (χ1) is 8.31. The quantitative estimate of drug-likeness (QED) is 0.250. The minimum absolute atomic E-state index is 0.359. The summed E-state index contributed by atoms with van der Waals surface area (Å²) in [5, 5.41) is 8.09. The Labute approximate surface area is 104 Å². The third kappa shape index (κ3) is 12.4. The SMILES string of the molecule is C=C=CCCCCCCCCCC(=O)OC#N. The van der Waals surface area contributed by atoms with Gasteiger partial charge in [0.05, 0.1) is 0 Å². The monoisotopic (exact) mass is 235 g/mol. The number of allylic oxidation sites excluding steroid dienone is 1. The summed E-state index contributed by atoms with van der Waals surface area (Å²) in [4.78, 5) is 10.8. The van der Waals surface area contributed by atoms with Crippen molar-refractivity contribution in [3.63, 3.8) is 0 Å². The van der Waals surface area contributed by atoms with Crippen LogP contribution < -0.4 is 0 Å². The fourth-order valence-electron chi connectivity index (χ4n) is 1.60. The molecule has 0 radical (unpaired) electrons. The van der Waals surface area contributed by atoms with Gasteiger partial charge in [0.2, 0.25) is 0 Å². The summed E-state index contributed by atoms with van der Waals surface area (Å²) in [5.41, 5.74) is 2.77. The van der Waals surface area contributed by atoms with Crippen LogP contribution in [-0.4, -0.2) is 5.97 Å². The van der Waals surface area contributed by atoms with E-state index in [2.05, 4.69) is 17.0 Å². The lowest BCUT2D eigenvalue weighted by atomic mass is 10.1. The molecule has 0 rings (SSSR count). The maximum atomic E-state index is 10.8. The number of carbonyl (C=O) groups excluding carboxylic acids is 1. The molecule has 0 heterocycles. The van der Waals surface area contributed by atoms with E-state index in [0.717, 1.165) is 25.7 Å². The maximum Gasteiger partial charge on any atom is 0.321 e. The third-order valence-corrected chi connectivity index (χ3v) is 2.53. The highest BCUT2D eigenvalue weighted by molar-refractivity contribution is 5.70. The summed E-state index contributed by atoms with van der Waals surface area (Å²) in [6, 6.07) is 0. The highest BCUT2D eigenvalue weighted by atomic mass is 16.5. The molecule has 0 aliphatic heterocycles. The smallest absolute Gasteiger partial charge is 0.321 e. The molecule has 94 valence electrons. The van der Waals surface area contributed by atoms with Gasteiger partial charge in [0.1, 0.15) is 0 Å². The molecule has 3 nitrogen and oxygen atoms in total. The van der Waals surface area contributed by atoms with Crippen LogP contribution in [0.5, 0.6) is 0 Å². The van der Waals surface area contributed by atoms with E-state index in [0.29, 0.717) is 6.42 Å². The van der Waals surface area contributed by atoms with E-state index < -0.39 is 5.97 Å². The van der Waals surface area contributed by atoms with Gasteiger partial charge in [0, 0.05) is 6.42 Å². The van der Waals surface area contributed by atoms with Crippen LogP contribution in [0.3, 0.4) is 0 Å². The summed E-state index contributed by atoms with van der Waals surface area (Å²) in [6.45, 7) is 3.52. The van der Waals surface area contributed by atoms with Gasteiger partial charge in [-0.25, -0.2) is 0 Å². The van der Waals surface area contributed by atoms with Gasteiger partial charge in [-0.15, -0.1) is 11.0 Å². The van der Waals surface area contributed by atoms with E-state index in [1.165, 1.54) is 31.9 Å². The molecule has 0 saturated carbocycles. The standard InChI is InChI=1S/C14H21NO2/c1-2-3-4-5-6-7-8-9-10-11-12-14(16)17-13-15/h3H,1,4-12H2. The van der Waals surface area contributed by atoms with Crippen molar-refractivity contribution >= 4 is 5.97 Å². The number of nitrogens with zero attached hydrogens (tertiary/aromatic N) is 1. The number of nitriles is 1. The fourth-order valence-corrected chi connectivity index (χ4v) is 1.60. The fraction of sp³-hybridized carbons (Fsp3) is 0.643. The van der Waals surface area contributed by atoms with Crippen molar-refractivity contribution in [2.75, 3.05) is 0 Å². The maximum absolute atomic E-state index is 10.8. The molecule has 0 aliphatic rings. The minimum atomic E-state index is -0.413. The van der Waals surface area contributed by atoms with Crippen LogP contribution in [0, 0.1) is 11.5 Å². The van der Waals surface area contributed by atoms with E-state index in [4.69, 9.17) is 5.26 Å². The summed E-state index contributed by atoms with van der Waals surface area (Å²) in [5.74, 6) is -0.413. The predicted octanol–water partition coefficient (Wildman–Crippen LogP) is 3.86. The molecule has 0 spiro atoms. The first-order valence-corrected chi connectivity index (χ1v) is 6.24. The number of carbonyl (C=O) groups is 1. The average Bonchev–Trinajstić information content (AvgIpc) is 2.32. The van der Waals surface area contributed by atoms with Gasteiger partial charge in [0.25, 0.3) is 6.26 Å². The molecule has 0 saturated heterocycles. The molecule has 0 aromatic heterocycles. The lowest BCUT2D eigenvalue weighted by Gasteiger charge is -2.00. The Hall–Kier alpha value is -1.52. The molecule has 0 aromatic rings. The second-order valence-corrected chi connectivity index (χ2v) is 3.99. The van der Waals surface area contributed by atoms with Crippen LogP contribution in [0.2, 0.25) is 0 Å². The predicted molar refractivity (Wildman–Crippen MR) is 67.0 cm³/mol. The first kappa shape index (κ1) is 15.5. The summed E-state index contributed by atoms with van der Waals surface area (Å²) in [6.07, 6.45) is 12.7. The Morgan fingerprint density at radius 3 is 2.29 bits per heavy atom. The number of esters is 1. The number of ether oxygens (including phenoxy) is 1. The second kappa shape index (κ2) is 12.5. The molecule has 17 heavy (non-hydrogen) atoms. The van der Waals surface area contributed by atoms with Gasteiger partial charge in [-0.05, 0) is 25.3 Å². The molecular weight excluding hydrogens is 214 g/mol. The zero-order valence-corrected chi connectivity index (χ0v) is 10.4. The third-order valence-electron chi connectivity index (χ3n) is 2.53. The largest absolute Gasteiger partial charge is 0.351 e. The summed E-state index contributed by atoms with van der Waals surface area (Å²) in [7, 11) is 0. The minimum Gasteiger partial charge on any atom is -0.351 e. The van der Waals surface area contributed by atoms with Gasteiger partial charge in [-0.2, -0.15) is 0 Å². The van der Waals surface area contributed by atoms with Gasteiger partial charge >= 0.3 is 5.97 Å². The zero-order valence-electron chi connectivity index (χ0n) is 10.4. The Bertz CT molecular complexity index is 285. The molecule has 0 atom stereocenters. The highest BCUT2D eigenvalue weighted by Crippen LogP contribution is 2.10. The molecule has 0 bridgehead atoms. The summed E-state index contributed by atoms with van der Waals surface area (Å²) < 4.78 is 4.18. The molecular formula is C14H21NO2. The van der Waals surface area contributed by atoms with E-state index in [-0.39, 0.29) is 0 Å². The Morgan fingerprint density at radius 2 is 1.71 bits per heavy atom. The molecule has 0 unspecified atom stereocenters. The molecule has 0 fully saturated rings. The lowest BCUT2D eigenvalue weighted by molar-refractivity contribution is -0.137. The zero-order chi connectivity index (χ0) is 12.8. The van der Waals surface area contributed by atoms with E-state index in [1.54, 1.807) is 0 Å². The number of hydrogen-bond donors (Lipinski definition) is 0. The van der Waals surface area contributed by atoms with Crippen molar-refractivity contribution < 1.29 is 9.53 Å². The average molecular weight is 235 g/mol. The number of unbranched alkanes of at least 4 members (excludes halogenated alkanes) is 7. The van der Waals surface area contributed by atoms with Gasteiger partial charge in [-0.3, -0.25) is 4.79 Å². The second-order valence-electron chi connectivity index (χ2n) is 3.99. The van der Waals surface area contributed by atoms with Crippen LogP contribution in [0.4, 0.5) is 0 Å². The van der Waals surface area contributed by atoms with Crippen LogP contribution >= 0.6 is 0 Å².